The lowest BCUT2D eigenvalue weighted by Crippen LogP contribution is -2.30. The Kier molecular flexibility index (Phi) is 7.59. The zero-order valence-electron chi connectivity index (χ0n) is 20.1. The lowest BCUT2D eigenvalue weighted by atomic mass is 9.92. The quantitative estimate of drug-likeness (QED) is 0.553. The number of carbonyl (C=O) groups is 1. The van der Waals surface area contributed by atoms with E-state index in [0.717, 1.165) is 30.7 Å². The van der Waals surface area contributed by atoms with Crippen molar-refractivity contribution in [1.82, 2.24) is 9.36 Å². The monoisotopic (exact) mass is 485 g/mol. The molecular weight excluding hydrogens is 454 g/mol. The third-order valence-corrected chi connectivity index (χ3v) is 5.63. The molecule has 188 valence electrons. The minimum Gasteiger partial charge on any atom is -0.490 e. The number of halogens is 4. The number of rotatable bonds is 6. The van der Waals surface area contributed by atoms with Crippen molar-refractivity contribution >= 4 is 5.91 Å². The van der Waals surface area contributed by atoms with Crippen LogP contribution >= 0.6 is 0 Å². The van der Waals surface area contributed by atoms with E-state index in [1.165, 1.54) is 6.92 Å². The Morgan fingerprint density at radius 1 is 1.26 bits per heavy atom. The molecule has 2 aromatic rings. The van der Waals surface area contributed by atoms with Gasteiger partial charge in [0.1, 0.15) is 18.5 Å². The highest BCUT2D eigenvalue weighted by atomic mass is 19.4. The number of ether oxygens (including phenoxy) is 2. The van der Waals surface area contributed by atoms with Gasteiger partial charge in [-0.25, -0.2) is 4.39 Å². The third-order valence-electron chi connectivity index (χ3n) is 5.63. The van der Waals surface area contributed by atoms with Crippen LogP contribution in [-0.2, 0) is 29.9 Å². The molecule has 2 heterocycles. The van der Waals surface area contributed by atoms with E-state index in [4.69, 9.17) is 9.47 Å². The van der Waals surface area contributed by atoms with Crippen molar-refractivity contribution in [3.05, 3.63) is 46.6 Å². The molecule has 10 heteroatoms. The molecule has 1 saturated heterocycles. The molecule has 34 heavy (non-hydrogen) atoms. The smallest absolute Gasteiger partial charge is 0.416 e. The van der Waals surface area contributed by atoms with Crippen molar-refractivity contribution in [2.75, 3.05) is 13.2 Å². The van der Waals surface area contributed by atoms with Crippen molar-refractivity contribution in [2.45, 2.75) is 70.9 Å². The normalized spacial score (nSPS) is 18.4. The first-order chi connectivity index (χ1) is 15.8. The predicted octanol–water partition coefficient (Wildman–Crippen LogP) is 4.80. The second-order valence-corrected chi connectivity index (χ2v) is 9.60. The first kappa shape index (κ1) is 26.0. The largest absolute Gasteiger partial charge is 0.490 e. The van der Waals surface area contributed by atoms with E-state index >= 15 is 0 Å². The fourth-order valence-corrected chi connectivity index (χ4v) is 3.93. The van der Waals surface area contributed by atoms with Gasteiger partial charge in [-0.2, -0.15) is 18.2 Å². The highest BCUT2D eigenvalue weighted by Gasteiger charge is 2.32. The highest BCUT2D eigenvalue weighted by molar-refractivity contribution is 5.97. The predicted molar refractivity (Wildman–Crippen MR) is 118 cm³/mol. The summed E-state index contributed by atoms with van der Waals surface area (Å²) >= 11 is 0. The molecule has 1 amide bonds. The summed E-state index contributed by atoms with van der Waals surface area (Å²) in [5.74, 6) is -1.05. The molecule has 1 aromatic carbocycles. The van der Waals surface area contributed by atoms with Gasteiger partial charge in [0, 0.05) is 30.8 Å². The van der Waals surface area contributed by atoms with Crippen LogP contribution in [0.5, 0.6) is 5.75 Å². The van der Waals surface area contributed by atoms with E-state index in [0.29, 0.717) is 24.7 Å². The van der Waals surface area contributed by atoms with Crippen molar-refractivity contribution in [1.29, 1.82) is 0 Å². The Morgan fingerprint density at radius 2 is 1.97 bits per heavy atom. The van der Waals surface area contributed by atoms with Crippen LogP contribution in [-0.4, -0.2) is 40.8 Å². The number of amides is 1. The van der Waals surface area contributed by atoms with Crippen LogP contribution in [0.4, 0.5) is 17.6 Å². The molecule has 1 aromatic heterocycles. The van der Waals surface area contributed by atoms with E-state index in [1.807, 2.05) is 32.5 Å². The Balaban J connectivity index is 2.10. The van der Waals surface area contributed by atoms with Crippen molar-refractivity contribution in [3.8, 4) is 5.75 Å². The molecule has 1 fully saturated rings. The first-order valence-electron chi connectivity index (χ1n) is 11.2. The summed E-state index contributed by atoms with van der Waals surface area (Å²) in [4.78, 5) is 17.3. The summed E-state index contributed by atoms with van der Waals surface area (Å²) in [6, 6.07) is 4.28. The molecule has 0 bridgehead atoms. The third kappa shape index (κ3) is 6.08. The molecule has 1 unspecified atom stereocenters. The topological polar surface area (TPSA) is 57.8 Å². The van der Waals surface area contributed by atoms with Gasteiger partial charge >= 0.3 is 6.18 Å². The maximum absolute atomic E-state index is 13.3. The van der Waals surface area contributed by atoms with Crippen LogP contribution in [0.3, 0.4) is 0 Å². The van der Waals surface area contributed by atoms with E-state index < -0.39 is 30.4 Å². The lowest BCUT2D eigenvalue weighted by molar-refractivity contribution is -0.137. The maximum atomic E-state index is 13.3. The summed E-state index contributed by atoms with van der Waals surface area (Å²) < 4.78 is 68.0. The van der Waals surface area contributed by atoms with Gasteiger partial charge < -0.3 is 9.47 Å². The second kappa shape index (κ2) is 9.93. The van der Waals surface area contributed by atoms with E-state index in [2.05, 4.69) is 4.99 Å². The number of nitrogens with zero attached hydrogens (tertiary/aromatic N) is 3. The zero-order chi connectivity index (χ0) is 25.3. The Hall–Kier alpha value is -2.62. The number of aromatic nitrogens is 2. The fraction of sp³-hybridized carbons (Fsp3) is 0.583. The van der Waals surface area contributed by atoms with Crippen LogP contribution in [0.2, 0.25) is 0 Å². The maximum Gasteiger partial charge on any atom is 0.416 e. The summed E-state index contributed by atoms with van der Waals surface area (Å²) in [6.45, 7) is 8.00. The SMILES string of the molecule is CC(F)COc1ccc(C(F)(F)F)cc1C(=O)/N=c1\cc(C(C)(C)C)n(C)n1C[C@H]1CCCO1. The molecule has 0 saturated carbocycles. The molecule has 0 N–H and O–H groups in total. The summed E-state index contributed by atoms with van der Waals surface area (Å²) in [5.41, 5.74) is -0.465. The fourth-order valence-electron chi connectivity index (χ4n) is 3.93. The molecule has 0 aliphatic carbocycles. The van der Waals surface area contributed by atoms with Gasteiger partial charge in [-0.3, -0.25) is 14.2 Å². The molecule has 6 nitrogen and oxygen atoms in total. The molecule has 1 aliphatic heterocycles. The van der Waals surface area contributed by atoms with Crippen LogP contribution in [0, 0.1) is 0 Å². The van der Waals surface area contributed by atoms with Crippen molar-refractivity contribution in [3.63, 3.8) is 0 Å². The standard InChI is InChI=1S/C24H31F4N3O3/c1-15(25)14-34-19-9-8-16(24(26,27)28)11-18(19)22(32)29-21-12-20(23(2,3)4)30(5)31(21)13-17-7-6-10-33-17/h8-9,11-12,15,17H,6-7,10,13-14H2,1-5H3/b29-21+/t15?,17-/m1/s1. The van der Waals surface area contributed by atoms with E-state index in [1.54, 1.807) is 10.7 Å². The highest BCUT2D eigenvalue weighted by Crippen LogP contribution is 2.33. The van der Waals surface area contributed by atoms with Crippen LogP contribution in [0.25, 0.3) is 0 Å². The van der Waals surface area contributed by atoms with E-state index in [-0.39, 0.29) is 22.8 Å². The van der Waals surface area contributed by atoms with Gasteiger partial charge in [-0.1, -0.05) is 20.8 Å². The van der Waals surface area contributed by atoms with Gasteiger partial charge in [0.15, 0.2) is 5.49 Å². The van der Waals surface area contributed by atoms with Gasteiger partial charge in [-0.05, 0) is 38.0 Å². The van der Waals surface area contributed by atoms with Gasteiger partial charge in [0.05, 0.1) is 23.8 Å². The number of hydrogen-bond acceptors (Lipinski definition) is 3. The molecule has 0 spiro atoms. The average molecular weight is 486 g/mol. The molecule has 2 atom stereocenters. The van der Waals surface area contributed by atoms with Crippen LogP contribution < -0.4 is 10.2 Å². The van der Waals surface area contributed by atoms with Gasteiger partial charge in [-0.15, -0.1) is 0 Å². The summed E-state index contributed by atoms with van der Waals surface area (Å²) in [6.07, 6.45) is -4.27. The van der Waals surface area contributed by atoms with Gasteiger partial charge in [0.25, 0.3) is 5.91 Å². The van der Waals surface area contributed by atoms with Crippen molar-refractivity contribution in [2.24, 2.45) is 12.0 Å². The summed E-state index contributed by atoms with van der Waals surface area (Å²) in [7, 11) is 1.85. The molecule has 3 rings (SSSR count). The Morgan fingerprint density at radius 3 is 2.53 bits per heavy atom. The number of alkyl halides is 4. The number of hydrogen-bond donors (Lipinski definition) is 0. The van der Waals surface area contributed by atoms with Crippen molar-refractivity contribution < 1.29 is 31.8 Å². The average Bonchev–Trinajstić information content (AvgIpc) is 3.34. The summed E-state index contributed by atoms with van der Waals surface area (Å²) in [5, 5.41) is 0. The zero-order valence-corrected chi connectivity index (χ0v) is 20.1. The van der Waals surface area contributed by atoms with Crippen LogP contribution in [0.1, 0.15) is 62.2 Å². The lowest BCUT2D eigenvalue weighted by Gasteiger charge is -2.21. The number of carbonyl (C=O) groups excluding carboxylic acids is 1. The Bertz CT molecular complexity index is 1090. The minimum atomic E-state index is -4.66. The second-order valence-electron chi connectivity index (χ2n) is 9.60. The molecule has 0 radical (unpaired) electrons. The minimum absolute atomic E-state index is 0.0473. The molecular formula is C24H31F4N3O3. The first-order valence-corrected chi connectivity index (χ1v) is 11.2. The number of benzene rings is 1. The van der Waals surface area contributed by atoms with Crippen LogP contribution in [0.15, 0.2) is 29.3 Å². The van der Waals surface area contributed by atoms with E-state index in [9.17, 15) is 22.4 Å². The Labute approximate surface area is 196 Å². The van der Waals surface area contributed by atoms with Gasteiger partial charge in [0.2, 0.25) is 0 Å². The molecule has 1 aliphatic rings.